The van der Waals surface area contributed by atoms with E-state index in [0.717, 1.165) is 22.5 Å². The Morgan fingerprint density at radius 1 is 0.962 bits per heavy atom. The van der Waals surface area contributed by atoms with E-state index in [9.17, 15) is 4.79 Å². The predicted molar refractivity (Wildman–Crippen MR) is 101 cm³/mol. The van der Waals surface area contributed by atoms with E-state index < -0.39 is 0 Å². The molecule has 4 aromatic rings. The van der Waals surface area contributed by atoms with Gasteiger partial charge in [0.15, 0.2) is 17.3 Å². The quantitative estimate of drug-likeness (QED) is 0.524. The van der Waals surface area contributed by atoms with Crippen LogP contribution in [0, 0.1) is 0 Å². The molecule has 0 spiro atoms. The molecule has 26 heavy (non-hydrogen) atoms. The van der Waals surface area contributed by atoms with Crippen molar-refractivity contribution in [3.63, 3.8) is 0 Å². The van der Waals surface area contributed by atoms with E-state index in [2.05, 4.69) is 30.6 Å². The van der Waals surface area contributed by atoms with Crippen LogP contribution in [0.4, 0.5) is 17.2 Å². The van der Waals surface area contributed by atoms with Crippen molar-refractivity contribution in [1.29, 1.82) is 0 Å². The molecule has 0 unspecified atom stereocenters. The van der Waals surface area contributed by atoms with E-state index in [1.807, 2.05) is 54.6 Å². The molecule has 3 N–H and O–H groups in total. The van der Waals surface area contributed by atoms with Crippen LogP contribution in [-0.2, 0) is 4.79 Å². The highest BCUT2D eigenvalue weighted by Crippen LogP contribution is 2.25. The fourth-order valence-corrected chi connectivity index (χ4v) is 2.62. The number of carbonyl (C=O) groups excluding carboxylic acids is 1. The van der Waals surface area contributed by atoms with Gasteiger partial charge in [0, 0.05) is 23.9 Å². The van der Waals surface area contributed by atoms with Crippen molar-refractivity contribution in [2.45, 2.75) is 6.92 Å². The molecule has 2 aromatic heterocycles. The van der Waals surface area contributed by atoms with Crippen molar-refractivity contribution in [3.05, 3.63) is 60.9 Å². The molecule has 7 heteroatoms. The summed E-state index contributed by atoms with van der Waals surface area (Å²) < 4.78 is 0. The van der Waals surface area contributed by atoms with Gasteiger partial charge in [0.2, 0.25) is 5.91 Å². The van der Waals surface area contributed by atoms with Crippen LogP contribution < -0.4 is 10.6 Å². The second-order valence-electron chi connectivity index (χ2n) is 5.75. The number of rotatable bonds is 4. The van der Waals surface area contributed by atoms with Crippen molar-refractivity contribution < 1.29 is 4.79 Å². The van der Waals surface area contributed by atoms with Gasteiger partial charge in [-0.3, -0.25) is 4.79 Å². The summed E-state index contributed by atoms with van der Waals surface area (Å²) >= 11 is 0. The molecule has 128 valence electrons. The summed E-state index contributed by atoms with van der Waals surface area (Å²) in [5.41, 5.74) is 3.82. The minimum atomic E-state index is -0.104. The van der Waals surface area contributed by atoms with E-state index >= 15 is 0 Å². The predicted octanol–water partition coefficient (Wildman–Crippen LogP) is 3.72. The summed E-state index contributed by atoms with van der Waals surface area (Å²) in [6.07, 6.45) is 1.60. The van der Waals surface area contributed by atoms with Crippen LogP contribution in [-0.4, -0.2) is 25.8 Å². The Labute approximate surface area is 149 Å². The number of imidazole rings is 1. The van der Waals surface area contributed by atoms with E-state index in [1.54, 1.807) is 6.33 Å². The highest BCUT2D eigenvalue weighted by atomic mass is 16.1. The number of aromatic amines is 1. The van der Waals surface area contributed by atoms with E-state index in [4.69, 9.17) is 0 Å². The third-order valence-electron chi connectivity index (χ3n) is 3.79. The number of aromatic nitrogens is 4. The summed E-state index contributed by atoms with van der Waals surface area (Å²) in [6, 6.07) is 17.2. The molecule has 0 aliphatic carbocycles. The zero-order valence-corrected chi connectivity index (χ0v) is 14.0. The van der Waals surface area contributed by atoms with Crippen molar-refractivity contribution in [1.82, 2.24) is 19.9 Å². The van der Waals surface area contributed by atoms with Crippen molar-refractivity contribution >= 4 is 34.3 Å². The smallest absolute Gasteiger partial charge is 0.221 e. The Balaban J connectivity index is 1.69. The fraction of sp³-hybridized carbons (Fsp3) is 0.0526. The molecule has 0 saturated heterocycles. The van der Waals surface area contributed by atoms with Crippen molar-refractivity contribution in [2.24, 2.45) is 0 Å². The summed E-state index contributed by atoms with van der Waals surface area (Å²) in [6.45, 7) is 1.48. The maximum Gasteiger partial charge on any atom is 0.221 e. The normalized spacial score (nSPS) is 10.7. The lowest BCUT2D eigenvalue weighted by molar-refractivity contribution is -0.114. The van der Waals surface area contributed by atoms with Crippen molar-refractivity contribution in [3.8, 4) is 11.4 Å². The van der Waals surface area contributed by atoms with Gasteiger partial charge in [-0.2, -0.15) is 0 Å². The molecule has 0 saturated carbocycles. The van der Waals surface area contributed by atoms with E-state index in [0.29, 0.717) is 17.3 Å². The monoisotopic (exact) mass is 344 g/mol. The molecule has 0 aliphatic rings. The summed E-state index contributed by atoms with van der Waals surface area (Å²) in [7, 11) is 0. The van der Waals surface area contributed by atoms with Crippen molar-refractivity contribution in [2.75, 3.05) is 10.6 Å². The first-order valence-electron chi connectivity index (χ1n) is 8.10. The Morgan fingerprint density at radius 3 is 2.42 bits per heavy atom. The zero-order chi connectivity index (χ0) is 17.9. The molecule has 0 radical (unpaired) electrons. The topological polar surface area (TPSA) is 95.6 Å². The van der Waals surface area contributed by atoms with Gasteiger partial charge in [-0.1, -0.05) is 30.3 Å². The number of fused-ring (bicyclic) bond motifs is 1. The molecular formula is C19H16N6O. The van der Waals surface area contributed by atoms with Crippen LogP contribution >= 0.6 is 0 Å². The van der Waals surface area contributed by atoms with E-state index in [-0.39, 0.29) is 5.91 Å². The Morgan fingerprint density at radius 2 is 1.69 bits per heavy atom. The van der Waals surface area contributed by atoms with Crippen LogP contribution in [0.3, 0.4) is 0 Å². The number of benzene rings is 2. The zero-order valence-electron chi connectivity index (χ0n) is 14.0. The van der Waals surface area contributed by atoms with Gasteiger partial charge in [-0.25, -0.2) is 15.0 Å². The average Bonchev–Trinajstić information content (AvgIpc) is 3.12. The molecule has 0 bridgehead atoms. The van der Waals surface area contributed by atoms with Gasteiger partial charge in [0.1, 0.15) is 5.52 Å². The highest BCUT2D eigenvalue weighted by molar-refractivity contribution is 5.89. The Bertz CT molecular complexity index is 1060. The number of amides is 1. The molecule has 2 heterocycles. The number of anilines is 3. The molecule has 4 rings (SSSR count). The second kappa shape index (κ2) is 6.64. The van der Waals surface area contributed by atoms with Gasteiger partial charge in [0.05, 0.1) is 6.33 Å². The number of carbonyl (C=O) groups is 1. The number of H-pyrrole nitrogens is 1. The van der Waals surface area contributed by atoms with Crippen LogP contribution in [0.1, 0.15) is 6.92 Å². The van der Waals surface area contributed by atoms with Gasteiger partial charge >= 0.3 is 0 Å². The van der Waals surface area contributed by atoms with Gasteiger partial charge in [0.25, 0.3) is 0 Å². The lowest BCUT2D eigenvalue weighted by Crippen LogP contribution is -2.05. The number of nitrogens with one attached hydrogen (secondary N) is 3. The fourth-order valence-electron chi connectivity index (χ4n) is 2.62. The number of nitrogens with zero attached hydrogens (tertiary/aromatic N) is 3. The average molecular weight is 344 g/mol. The molecule has 2 aromatic carbocycles. The molecule has 0 fully saturated rings. The molecular weight excluding hydrogens is 328 g/mol. The standard InChI is InChI=1S/C19H16N6O/c1-12(26)22-14-7-9-15(10-8-14)23-19-16-18(21-11-20-16)24-17(25-19)13-5-3-2-4-6-13/h2-11H,1H3,(H,22,26)(H2,20,21,23,24,25). The van der Waals surface area contributed by atoms with E-state index in [1.165, 1.54) is 6.92 Å². The first-order valence-corrected chi connectivity index (χ1v) is 8.10. The largest absolute Gasteiger partial charge is 0.340 e. The molecule has 0 atom stereocenters. The Hall–Kier alpha value is -3.74. The SMILES string of the molecule is CC(=O)Nc1ccc(Nc2nc(-c3ccccc3)nc3nc[nH]c23)cc1. The minimum absolute atomic E-state index is 0.104. The number of hydrogen-bond donors (Lipinski definition) is 3. The van der Waals surface area contributed by atoms with Gasteiger partial charge in [-0.05, 0) is 24.3 Å². The molecule has 1 amide bonds. The third kappa shape index (κ3) is 3.23. The minimum Gasteiger partial charge on any atom is -0.340 e. The lowest BCUT2D eigenvalue weighted by atomic mass is 10.2. The maximum absolute atomic E-state index is 11.1. The summed E-state index contributed by atoms with van der Waals surface area (Å²) in [5, 5.41) is 6.03. The molecule has 0 aliphatic heterocycles. The Kier molecular flexibility index (Phi) is 4.03. The first kappa shape index (κ1) is 15.8. The third-order valence-corrected chi connectivity index (χ3v) is 3.79. The van der Waals surface area contributed by atoms with Crippen LogP contribution in [0.15, 0.2) is 60.9 Å². The summed E-state index contributed by atoms with van der Waals surface area (Å²) in [5.74, 6) is 1.13. The summed E-state index contributed by atoms with van der Waals surface area (Å²) in [4.78, 5) is 27.6. The number of hydrogen-bond acceptors (Lipinski definition) is 5. The molecule has 7 nitrogen and oxygen atoms in total. The highest BCUT2D eigenvalue weighted by Gasteiger charge is 2.11. The maximum atomic E-state index is 11.1. The van der Waals surface area contributed by atoms with Crippen LogP contribution in [0.25, 0.3) is 22.6 Å². The van der Waals surface area contributed by atoms with Gasteiger partial charge in [-0.15, -0.1) is 0 Å². The van der Waals surface area contributed by atoms with Crippen LogP contribution in [0.2, 0.25) is 0 Å². The van der Waals surface area contributed by atoms with Crippen LogP contribution in [0.5, 0.6) is 0 Å². The first-order chi connectivity index (χ1) is 12.7. The van der Waals surface area contributed by atoms with Gasteiger partial charge < -0.3 is 15.6 Å². The second-order valence-corrected chi connectivity index (χ2v) is 5.75. The lowest BCUT2D eigenvalue weighted by Gasteiger charge is -2.09.